The van der Waals surface area contributed by atoms with Gasteiger partial charge < -0.3 is 14.8 Å². The third-order valence-electron chi connectivity index (χ3n) is 9.54. The maximum atomic E-state index is 13.4. The summed E-state index contributed by atoms with van der Waals surface area (Å²) in [4.78, 5) is 24.1. The molecule has 0 unspecified atom stereocenters. The fourth-order valence-corrected chi connectivity index (χ4v) is 6.62. The Kier molecular flexibility index (Phi) is 4.70. The standard InChI is InChI=1S/C27H29F3N8O/c28-27(29,30)26(7-8-26)23-32-22(33-34-23)18-3-1-16(2-4-18)19-11-36(12-19)24(39)37-13-25(14-37)9-20(10-25)38-15-31-21(35-38)17-5-6-17/h1-4,15,17,19-20H,5-14H2,(H,32,33,34). The van der Waals surface area contributed by atoms with Crippen LogP contribution in [0.4, 0.5) is 18.0 Å². The smallest absolute Gasteiger partial charge is 0.324 e. The van der Waals surface area contributed by atoms with Gasteiger partial charge in [0.15, 0.2) is 11.6 Å². The molecule has 2 aliphatic heterocycles. The van der Waals surface area contributed by atoms with E-state index >= 15 is 0 Å². The Bertz CT molecular complexity index is 1420. The Morgan fingerprint density at radius 3 is 2.33 bits per heavy atom. The topological polar surface area (TPSA) is 95.8 Å². The highest BCUT2D eigenvalue weighted by atomic mass is 19.4. The SMILES string of the molecule is O=C(N1CC(c2ccc(-c3nnc(C4(C(F)(F)F)CC4)[nH]3)cc2)C1)N1CC2(CC(n3cnc(C4CC4)n3)C2)C1. The van der Waals surface area contributed by atoms with Crippen molar-refractivity contribution in [3.8, 4) is 11.4 Å². The summed E-state index contributed by atoms with van der Waals surface area (Å²) in [5.74, 6) is 2.05. The number of rotatable bonds is 5. The monoisotopic (exact) mass is 538 g/mol. The minimum Gasteiger partial charge on any atom is -0.324 e. The summed E-state index contributed by atoms with van der Waals surface area (Å²) in [6.07, 6.45) is 2.17. The molecular formula is C27H29F3N8O. The van der Waals surface area contributed by atoms with Gasteiger partial charge in [0.1, 0.15) is 17.6 Å². The molecule has 204 valence electrons. The van der Waals surface area contributed by atoms with Gasteiger partial charge in [0.2, 0.25) is 0 Å². The molecule has 2 aromatic heterocycles. The maximum absolute atomic E-state index is 13.4. The predicted molar refractivity (Wildman–Crippen MR) is 133 cm³/mol. The summed E-state index contributed by atoms with van der Waals surface area (Å²) in [7, 11) is 0. The molecule has 8 rings (SSSR count). The van der Waals surface area contributed by atoms with Crippen molar-refractivity contribution in [3.05, 3.63) is 47.8 Å². The lowest BCUT2D eigenvalue weighted by atomic mass is 9.61. The van der Waals surface area contributed by atoms with Crippen LogP contribution in [0.15, 0.2) is 30.6 Å². The molecule has 1 N–H and O–H groups in total. The average Bonchev–Trinajstić information content (AvgIpc) is 3.75. The second-order valence-corrected chi connectivity index (χ2v) is 12.4. The first-order valence-electron chi connectivity index (χ1n) is 13.8. The van der Waals surface area contributed by atoms with Crippen molar-refractivity contribution in [2.45, 2.75) is 68.0 Å². The van der Waals surface area contributed by atoms with E-state index in [-0.39, 0.29) is 36.0 Å². The molecular weight excluding hydrogens is 509 g/mol. The zero-order valence-corrected chi connectivity index (χ0v) is 21.4. The summed E-state index contributed by atoms with van der Waals surface area (Å²) in [5, 5.41) is 12.4. The molecule has 0 atom stereocenters. The summed E-state index contributed by atoms with van der Waals surface area (Å²) in [6.45, 7) is 2.98. The highest BCUT2D eigenvalue weighted by Crippen LogP contribution is 2.58. The Balaban J connectivity index is 0.826. The molecule has 0 radical (unpaired) electrons. The van der Waals surface area contributed by atoms with Crippen molar-refractivity contribution in [1.82, 2.24) is 39.7 Å². The zero-order valence-electron chi connectivity index (χ0n) is 21.4. The second kappa shape index (κ2) is 7.82. The molecule has 2 amide bonds. The quantitative estimate of drug-likeness (QED) is 0.520. The highest BCUT2D eigenvalue weighted by Gasteiger charge is 2.66. The number of H-pyrrole nitrogens is 1. The Morgan fingerprint density at radius 1 is 0.974 bits per heavy atom. The molecule has 5 aliphatic rings. The van der Waals surface area contributed by atoms with Gasteiger partial charge in [-0.2, -0.15) is 18.3 Å². The fraction of sp³-hybridized carbons (Fsp3) is 0.593. The van der Waals surface area contributed by atoms with Crippen LogP contribution in [0.1, 0.15) is 73.6 Å². The van der Waals surface area contributed by atoms with E-state index < -0.39 is 11.6 Å². The van der Waals surface area contributed by atoms with Crippen LogP contribution in [-0.4, -0.2) is 78.1 Å². The van der Waals surface area contributed by atoms with Gasteiger partial charge in [-0.1, -0.05) is 24.3 Å². The van der Waals surface area contributed by atoms with Crippen LogP contribution >= 0.6 is 0 Å². The number of nitrogens with one attached hydrogen (secondary N) is 1. The van der Waals surface area contributed by atoms with Crippen molar-refractivity contribution in [1.29, 1.82) is 0 Å². The van der Waals surface area contributed by atoms with E-state index in [1.165, 1.54) is 12.8 Å². The molecule has 0 bridgehead atoms. The van der Waals surface area contributed by atoms with Gasteiger partial charge in [-0.3, -0.25) is 0 Å². The number of aromatic nitrogens is 6. The normalized spacial score (nSPS) is 23.9. The third kappa shape index (κ3) is 3.70. The van der Waals surface area contributed by atoms with Crippen LogP contribution in [0.3, 0.4) is 0 Å². The van der Waals surface area contributed by atoms with Crippen molar-refractivity contribution in [2.24, 2.45) is 5.41 Å². The lowest BCUT2D eigenvalue weighted by molar-refractivity contribution is -0.162. The van der Waals surface area contributed by atoms with Crippen LogP contribution in [0.5, 0.6) is 0 Å². The number of hydrogen-bond donors (Lipinski definition) is 1. The maximum Gasteiger partial charge on any atom is 0.401 e. The van der Waals surface area contributed by atoms with E-state index in [0.29, 0.717) is 36.4 Å². The Labute approximate surface area is 222 Å². The van der Waals surface area contributed by atoms with E-state index in [1.807, 2.05) is 45.1 Å². The van der Waals surface area contributed by atoms with E-state index in [1.54, 1.807) is 0 Å². The van der Waals surface area contributed by atoms with E-state index in [4.69, 9.17) is 0 Å². The average molecular weight is 539 g/mol. The first kappa shape index (κ1) is 23.4. The van der Waals surface area contributed by atoms with Crippen LogP contribution in [-0.2, 0) is 5.41 Å². The van der Waals surface area contributed by atoms with Gasteiger partial charge in [0.25, 0.3) is 0 Å². The van der Waals surface area contributed by atoms with Crippen molar-refractivity contribution < 1.29 is 18.0 Å². The summed E-state index contributed by atoms with van der Waals surface area (Å²) in [6, 6.07) is 8.15. The van der Waals surface area contributed by atoms with E-state index in [0.717, 1.165) is 37.3 Å². The molecule has 5 fully saturated rings. The van der Waals surface area contributed by atoms with Gasteiger partial charge in [-0.15, -0.1) is 10.2 Å². The van der Waals surface area contributed by atoms with E-state index in [9.17, 15) is 18.0 Å². The van der Waals surface area contributed by atoms with Gasteiger partial charge in [0.05, 0.1) is 6.04 Å². The molecule has 2 saturated heterocycles. The molecule has 39 heavy (non-hydrogen) atoms. The zero-order chi connectivity index (χ0) is 26.6. The van der Waals surface area contributed by atoms with Crippen molar-refractivity contribution >= 4 is 6.03 Å². The predicted octanol–water partition coefficient (Wildman–Crippen LogP) is 4.39. The van der Waals surface area contributed by atoms with Crippen LogP contribution < -0.4 is 0 Å². The number of likely N-dealkylation sites (tertiary alicyclic amines) is 2. The number of amides is 2. The number of carbonyl (C=O) groups excluding carboxylic acids is 1. The third-order valence-corrected chi connectivity index (χ3v) is 9.54. The Morgan fingerprint density at radius 2 is 1.69 bits per heavy atom. The summed E-state index contributed by atoms with van der Waals surface area (Å²) < 4.78 is 42.2. The first-order valence-corrected chi connectivity index (χ1v) is 13.8. The molecule has 1 spiro atoms. The number of alkyl halides is 3. The molecule has 3 aromatic rings. The lowest BCUT2D eigenvalue weighted by Crippen LogP contribution is -2.67. The summed E-state index contributed by atoms with van der Waals surface area (Å²) >= 11 is 0. The molecule has 9 nitrogen and oxygen atoms in total. The molecule has 1 aromatic carbocycles. The van der Waals surface area contributed by atoms with Gasteiger partial charge in [0, 0.05) is 49.0 Å². The highest BCUT2D eigenvalue weighted by molar-refractivity contribution is 5.77. The first-order chi connectivity index (χ1) is 18.7. The van der Waals surface area contributed by atoms with E-state index in [2.05, 4.69) is 25.3 Å². The lowest BCUT2D eigenvalue weighted by Gasteiger charge is -2.60. The molecule has 12 heteroatoms. The van der Waals surface area contributed by atoms with Crippen LogP contribution in [0.2, 0.25) is 0 Å². The molecule has 3 saturated carbocycles. The minimum atomic E-state index is -4.32. The fourth-order valence-electron chi connectivity index (χ4n) is 6.62. The number of nitrogens with zero attached hydrogens (tertiary/aromatic N) is 7. The molecule has 3 aliphatic carbocycles. The van der Waals surface area contributed by atoms with Crippen molar-refractivity contribution in [3.63, 3.8) is 0 Å². The van der Waals surface area contributed by atoms with Crippen LogP contribution in [0.25, 0.3) is 11.4 Å². The van der Waals surface area contributed by atoms with Crippen molar-refractivity contribution in [2.75, 3.05) is 26.2 Å². The number of aromatic amines is 1. The van der Waals surface area contributed by atoms with Gasteiger partial charge in [-0.05, 0) is 44.1 Å². The van der Waals surface area contributed by atoms with Gasteiger partial charge >= 0.3 is 12.2 Å². The number of urea groups is 1. The largest absolute Gasteiger partial charge is 0.401 e. The number of benzene rings is 1. The molecule has 4 heterocycles. The number of carbonyl (C=O) groups is 1. The minimum absolute atomic E-state index is 0.0456. The van der Waals surface area contributed by atoms with Crippen LogP contribution in [0, 0.1) is 5.41 Å². The van der Waals surface area contributed by atoms with Gasteiger partial charge in [-0.25, -0.2) is 14.5 Å². The number of hydrogen-bond acceptors (Lipinski definition) is 5. The summed E-state index contributed by atoms with van der Waals surface area (Å²) in [5.41, 5.74) is 0.179. The number of halogens is 3. The second-order valence-electron chi connectivity index (χ2n) is 12.4. The Hall–Kier alpha value is -3.44.